The van der Waals surface area contributed by atoms with Crippen LogP contribution in [0.5, 0.6) is 0 Å². The van der Waals surface area contributed by atoms with E-state index in [-0.39, 0.29) is 11.9 Å². The third-order valence-corrected chi connectivity index (χ3v) is 3.31. The van der Waals surface area contributed by atoms with E-state index in [1.807, 2.05) is 42.8 Å². The summed E-state index contributed by atoms with van der Waals surface area (Å²) in [7, 11) is 0. The molecule has 0 radical (unpaired) electrons. The van der Waals surface area contributed by atoms with Crippen LogP contribution in [0, 0.1) is 13.8 Å². The Labute approximate surface area is 113 Å². The Hall–Kier alpha value is -2.10. The number of aryl methyl sites for hydroxylation is 2. The second-order valence-electron chi connectivity index (χ2n) is 4.91. The van der Waals surface area contributed by atoms with Gasteiger partial charge in [0.15, 0.2) is 0 Å². The molecule has 0 unspecified atom stereocenters. The first-order chi connectivity index (χ1) is 9.06. The number of nitrogens with zero attached hydrogens (tertiary/aromatic N) is 2. The standard InChI is InChI=1S/C15H19N3O/c1-11-4-5-14(8-12(11)2)17-15(19)9-13(3)18-7-6-16-10-18/h4-8,10,13H,9H2,1-3H3,(H,17,19)/t13-/m0/s1. The highest BCUT2D eigenvalue weighted by atomic mass is 16.1. The molecule has 100 valence electrons. The number of amides is 1. The fraction of sp³-hybridized carbons (Fsp3) is 0.333. The quantitative estimate of drug-likeness (QED) is 0.915. The van der Waals surface area contributed by atoms with Crippen molar-refractivity contribution in [1.82, 2.24) is 9.55 Å². The number of carbonyl (C=O) groups is 1. The van der Waals surface area contributed by atoms with E-state index in [1.165, 1.54) is 11.1 Å². The first-order valence-electron chi connectivity index (χ1n) is 6.41. The maximum Gasteiger partial charge on any atom is 0.226 e. The van der Waals surface area contributed by atoms with Crippen LogP contribution in [0.25, 0.3) is 0 Å². The lowest BCUT2D eigenvalue weighted by molar-refractivity contribution is -0.116. The summed E-state index contributed by atoms with van der Waals surface area (Å²) in [6.45, 7) is 6.10. The number of hydrogen-bond acceptors (Lipinski definition) is 2. The van der Waals surface area contributed by atoms with Gasteiger partial charge < -0.3 is 9.88 Å². The zero-order valence-electron chi connectivity index (χ0n) is 11.6. The predicted molar refractivity (Wildman–Crippen MR) is 76.1 cm³/mol. The molecule has 2 aromatic rings. The van der Waals surface area contributed by atoms with Crippen molar-refractivity contribution in [3.63, 3.8) is 0 Å². The lowest BCUT2D eigenvalue weighted by Crippen LogP contribution is -2.17. The fourth-order valence-electron chi connectivity index (χ4n) is 1.94. The third kappa shape index (κ3) is 3.44. The molecule has 1 aromatic carbocycles. The number of benzene rings is 1. The van der Waals surface area contributed by atoms with Crippen LogP contribution in [0.2, 0.25) is 0 Å². The zero-order chi connectivity index (χ0) is 13.8. The van der Waals surface area contributed by atoms with E-state index in [2.05, 4.69) is 17.2 Å². The highest BCUT2D eigenvalue weighted by molar-refractivity contribution is 5.91. The van der Waals surface area contributed by atoms with Crippen molar-refractivity contribution in [3.8, 4) is 0 Å². The van der Waals surface area contributed by atoms with Crippen LogP contribution >= 0.6 is 0 Å². The molecule has 0 bridgehead atoms. The molecular weight excluding hydrogens is 238 g/mol. The van der Waals surface area contributed by atoms with Gasteiger partial charge in [-0.05, 0) is 44.0 Å². The summed E-state index contributed by atoms with van der Waals surface area (Å²) in [6, 6.07) is 6.05. The van der Waals surface area contributed by atoms with Gasteiger partial charge in [-0.15, -0.1) is 0 Å². The summed E-state index contributed by atoms with van der Waals surface area (Å²) >= 11 is 0. The first-order valence-corrected chi connectivity index (χ1v) is 6.41. The Kier molecular flexibility index (Phi) is 4.00. The summed E-state index contributed by atoms with van der Waals surface area (Å²) < 4.78 is 1.93. The van der Waals surface area contributed by atoms with Crippen molar-refractivity contribution in [3.05, 3.63) is 48.0 Å². The van der Waals surface area contributed by atoms with E-state index in [4.69, 9.17) is 0 Å². The molecule has 2 rings (SSSR count). The van der Waals surface area contributed by atoms with Crippen LogP contribution in [0.1, 0.15) is 30.5 Å². The number of hydrogen-bond donors (Lipinski definition) is 1. The Bertz CT molecular complexity index is 561. The zero-order valence-corrected chi connectivity index (χ0v) is 11.6. The molecule has 4 heteroatoms. The minimum Gasteiger partial charge on any atom is -0.334 e. The topological polar surface area (TPSA) is 46.9 Å². The van der Waals surface area contributed by atoms with Crippen LogP contribution in [0.15, 0.2) is 36.9 Å². The van der Waals surface area contributed by atoms with Gasteiger partial charge in [0.25, 0.3) is 0 Å². The van der Waals surface area contributed by atoms with E-state index < -0.39 is 0 Å². The minimum absolute atomic E-state index is 0.0180. The van der Waals surface area contributed by atoms with E-state index in [0.717, 1.165) is 5.69 Å². The summed E-state index contributed by atoms with van der Waals surface area (Å²) in [5.41, 5.74) is 3.26. The van der Waals surface area contributed by atoms with Crippen LogP contribution in [-0.2, 0) is 4.79 Å². The van der Waals surface area contributed by atoms with Crippen molar-refractivity contribution >= 4 is 11.6 Å². The number of carbonyl (C=O) groups excluding carboxylic acids is 1. The van der Waals surface area contributed by atoms with Gasteiger partial charge in [0.1, 0.15) is 0 Å². The second kappa shape index (κ2) is 5.69. The average molecular weight is 257 g/mol. The van der Waals surface area contributed by atoms with Gasteiger partial charge in [0, 0.05) is 30.5 Å². The third-order valence-electron chi connectivity index (χ3n) is 3.31. The fourth-order valence-corrected chi connectivity index (χ4v) is 1.94. The molecule has 0 spiro atoms. The lowest BCUT2D eigenvalue weighted by Gasteiger charge is -2.13. The monoisotopic (exact) mass is 257 g/mol. The van der Waals surface area contributed by atoms with Crippen LogP contribution in [0.3, 0.4) is 0 Å². The summed E-state index contributed by atoms with van der Waals surface area (Å²) in [5.74, 6) is 0.0180. The average Bonchev–Trinajstić information content (AvgIpc) is 2.87. The van der Waals surface area contributed by atoms with Crippen LogP contribution in [0.4, 0.5) is 5.69 Å². The SMILES string of the molecule is Cc1ccc(NC(=O)C[C@H](C)n2ccnc2)cc1C. The summed E-state index contributed by atoms with van der Waals surface area (Å²) in [4.78, 5) is 16.0. The molecule has 0 saturated carbocycles. The number of rotatable bonds is 4. The highest BCUT2D eigenvalue weighted by Crippen LogP contribution is 2.16. The van der Waals surface area contributed by atoms with Gasteiger partial charge in [-0.25, -0.2) is 4.98 Å². The van der Waals surface area contributed by atoms with Crippen molar-refractivity contribution < 1.29 is 4.79 Å². The first kappa shape index (κ1) is 13.3. The maximum atomic E-state index is 12.0. The molecule has 1 N–H and O–H groups in total. The normalized spacial score (nSPS) is 12.2. The van der Waals surface area contributed by atoms with E-state index >= 15 is 0 Å². The van der Waals surface area contributed by atoms with Crippen molar-refractivity contribution in [2.75, 3.05) is 5.32 Å². The number of nitrogens with one attached hydrogen (secondary N) is 1. The van der Waals surface area contributed by atoms with E-state index in [9.17, 15) is 4.79 Å². The molecule has 0 fully saturated rings. The van der Waals surface area contributed by atoms with E-state index in [0.29, 0.717) is 6.42 Å². The molecule has 1 atom stereocenters. The summed E-state index contributed by atoms with van der Waals surface area (Å²) in [5, 5.41) is 2.93. The van der Waals surface area contributed by atoms with Gasteiger partial charge >= 0.3 is 0 Å². The van der Waals surface area contributed by atoms with Gasteiger partial charge in [0.2, 0.25) is 5.91 Å². The Morgan fingerprint density at radius 1 is 1.37 bits per heavy atom. The maximum absolute atomic E-state index is 12.0. The highest BCUT2D eigenvalue weighted by Gasteiger charge is 2.10. The van der Waals surface area contributed by atoms with E-state index in [1.54, 1.807) is 12.5 Å². The number of aromatic nitrogens is 2. The number of imidazole rings is 1. The molecule has 1 aromatic heterocycles. The molecule has 4 nitrogen and oxygen atoms in total. The largest absolute Gasteiger partial charge is 0.334 e. The second-order valence-corrected chi connectivity index (χ2v) is 4.91. The Morgan fingerprint density at radius 3 is 2.79 bits per heavy atom. The molecular formula is C15H19N3O. The van der Waals surface area contributed by atoms with Crippen LogP contribution < -0.4 is 5.32 Å². The van der Waals surface area contributed by atoms with Crippen molar-refractivity contribution in [2.45, 2.75) is 33.2 Å². The minimum atomic E-state index is 0.0180. The molecule has 19 heavy (non-hydrogen) atoms. The Balaban J connectivity index is 1.95. The Morgan fingerprint density at radius 2 is 2.16 bits per heavy atom. The molecule has 0 aliphatic carbocycles. The van der Waals surface area contributed by atoms with Gasteiger partial charge in [-0.1, -0.05) is 6.07 Å². The lowest BCUT2D eigenvalue weighted by atomic mass is 10.1. The van der Waals surface area contributed by atoms with Gasteiger partial charge in [0.05, 0.1) is 6.33 Å². The molecule has 0 aliphatic heterocycles. The van der Waals surface area contributed by atoms with Crippen molar-refractivity contribution in [2.24, 2.45) is 0 Å². The summed E-state index contributed by atoms with van der Waals surface area (Å²) in [6.07, 6.45) is 5.75. The predicted octanol–water partition coefficient (Wildman–Crippen LogP) is 3.09. The van der Waals surface area contributed by atoms with Gasteiger partial charge in [-0.3, -0.25) is 4.79 Å². The molecule has 0 aliphatic rings. The molecule has 1 amide bonds. The van der Waals surface area contributed by atoms with Crippen molar-refractivity contribution in [1.29, 1.82) is 0 Å². The number of anilines is 1. The molecule has 1 heterocycles. The van der Waals surface area contributed by atoms with Gasteiger partial charge in [-0.2, -0.15) is 0 Å². The smallest absolute Gasteiger partial charge is 0.226 e. The van der Waals surface area contributed by atoms with Crippen LogP contribution in [-0.4, -0.2) is 15.5 Å². The molecule has 0 saturated heterocycles.